The quantitative estimate of drug-likeness (QED) is 0.869. The molecule has 0 saturated heterocycles. The van der Waals surface area contributed by atoms with Crippen LogP contribution in [0.15, 0.2) is 22.9 Å². The Kier molecular flexibility index (Phi) is 4.44. The van der Waals surface area contributed by atoms with Gasteiger partial charge in [-0.2, -0.15) is 0 Å². The number of pyridine rings is 1. The molecular weight excluding hydrogens is 272 g/mol. The number of rotatable bonds is 3. The van der Waals surface area contributed by atoms with Crippen molar-refractivity contribution in [2.75, 3.05) is 11.9 Å². The third-order valence-electron chi connectivity index (χ3n) is 1.65. The molecule has 0 atom stereocenters. The van der Waals surface area contributed by atoms with E-state index in [1.807, 2.05) is 20.8 Å². The number of hydrogen-bond acceptors (Lipinski definition) is 3. The zero-order valence-electron chi connectivity index (χ0n) is 9.58. The van der Waals surface area contributed by atoms with E-state index in [2.05, 4.69) is 26.2 Å². The molecule has 1 N–H and O–H groups in total. The highest BCUT2D eigenvalue weighted by Crippen LogP contribution is 2.11. The SMILES string of the molecule is CC(C)(C)OCC(=O)Nc1ccc(Br)nc1. The molecule has 5 heteroatoms. The maximum Gasteiger partial charge on any atom is 0.250 e. The maximum atomic E-state index is 11.5. The van der Waals surface area contributed by atoms with Crippen molar-refractivity contribution in [3.63, 3.8) is 0 Å². The molecule has 0 fully saturated rings. The third-order valence-corrected chi connectivity index (χ3v) is 2.12. The van der Waals surface area contributed by atoms with Gasteiger partial charge >= 0.3 is 0 Å². The summed E-state index contributed by atoms with van der Waals surface area (Å²) < 4.78 is 6.08. The Hall–Kier alpha value is -0.940. The van der Waals surface area contributed by atoms with Gasteiger partial charge < -0.3 is 10.1 Å². The van der Waals surface area contributed by atoms with E-state index in [1.54, 1.807) is 18.3 Å². The first kappa shape index (κ1) is 13.1. The molecule has 4 nitrogen and oxygen atoms in total. The molecule has 1 heterocycles. The number of nitrogens with one attached hydrogen (secondary N) is 1. The largest absolute Gasteiger partial charge is 0.366 e. The highest BCUT2D eigenvalue weighted by Gasteiger charge is 2.12. The number of nitrogens with zero attached hydrogens (tertiary/aromatic N) is 1. The molecule has 1 rings (SSSR count). The van der Waals surface area contributed by atoms with Crippen LogP contribution in [-0.4, -0.2) is 23.1 Å². The first-order chi connectivity index (χ1) is 7.37. The lowest BCUT2D eigenvalue weighted by Gasteiger charge is -2.18. The predicted molar refractivity (Wildman–Crippen MR) is 66.3 cm³/mol. The normalized spacial score (nSPS) is 11.2. The van der Waals surface area contributed by atoms with E-state index in [4.69, 9.17) is 4.74 Å². The molecule has 0 radical (unpaired) electrons. The first-order valence-corrected chi connectivity index (χ1v) is 5.71. The molecule has 0 unspecified atom stereocenters. The Balaban J connectivity index is 2.43. The van der Waals surface area contributed by atoms with Crippen molar-refractivity contribution < 1.29 is 9.53 Å². The van der Waals surface area contributed by atoms with Crippen LogP contribution in [-0.2, 0) is 9.53 Å². The zero-order valence-corrected chi connectivity index (χ0v) is 11.2. The molecule has 1 aromatic heterocycles. The highest BCUT2D eigenvalue weighted by molar-refractivity contribution is 9.10. The fourth-order valence-corrected chi connectivity index (χ4v) is 1.16. The Morgan fingerprint density at radius 1 is 1.50 bits per heavy atom. The minimum atomic E-state index is -0.310. The van der Waals surface area contributed by atoms with Crippen LogP contribution in [0.5, 0.6) is 0 Å². The van der Waals surface area contributed by atoms with Crippen LogP contribution >= 0.6 is 15.9 Å². The lowest BCUT2D eigenvalue weighted by atomic mass is 10.2. The van der Waals surface area contributed by atoms with Crippen molar-refractivity contribution in [2.24, 2.45) is 0 Å². The number of carbonyl (C=O) groups is 1. The molecule has 0 spiro atoms. The summed E-state index contributed by atoms with van der Waals surface area (Å²) in [6, 6.07) is 3.53. The average molecular weight is 287 g/mol. The van der Waals surface area contributed by atoms with Crippen LogP contribution in [0, 0.1) is 0 Å². The van der Waals surface area contributed by atoms with Gasteiger partial charge in [-0.15, -0.1) is 0 Å². The van der Waals surface area contributed by atoms with Crippen LogP contribution < -0.4 is 5.32 Å². The van der Waals surface area contributed by atoms with Gasteiger partial charge in [0.05, 0.1) is 17.5 Å². The molecule has 88 valence electrons. The van der Waals surface area contributed by atoms with E-state index in [-0.39, 0.29) is 18.1 Å². The molecule has 1 amide bonds. The lowest BCUT2D eigenvalue weighted by molar-refractivity contribution is -0.125. The van der Waals surface area contributed by atoms with Gasteiger partial charge in [0.2, 0.25) is 5.91 Å². The third kappa shape index (κ3) is 5.23. The molecule has 0 aromatic carbocycles. The highest BCUT2D eigenvalue weighted by atomic mass is 79.9. The summed E-state index contributed by atoms with van der Waals surface area (Å²) in [7, 11) is 0. The summed E-state index contributed by atoms with van der Waals surface area (Å²) in [4.78, 5) is 15.5. The van der Waals surface area contributed by atoms with Gasteiger partial charge in [-0.05, 0) is 48.8 Å². The molecule has 0 aliphatic rings. The Morgan fingerprint density at radius 2 is 2.19 bits per heavy atom. The van der Waals surface area contributed by atoms with Crippen LogP contribution in [0.25, 0.3) is 0 Å². The van der Waals surface area contributed by atoms with E-state index in [9.17, 15) is 4.79 Å². The second-order valence-electron chi connectivity index (χ2n) is 4.32. The van der Waals surface area contributed by atoms with Crippen molar-refractivity contribution >= 4 is 27.5 Å². The van der Waals surface area contributed by atoms with Gasteiger partial charge in [0.15, 0.2) is 0 Å². The second kappa shape index (κ2) is 5.41. The lowest BCUT2D eigenvalue weighted by Crippen LogP contribution is -2.27. The Labute approximate surface area is 104 Å². The molecule has 0 aliphatic carbocycles. The summed E-state index contributed by atoms with van der Waals surface area (Å²) in [5.41, 5.74) is 0.348. The van der Waals surface area contributed by atoms with Gasteiger partial charge in [0.25, 0.3) is 0 Å². The summed E-state index contributed by atoms with van der Waals surface area (Å²) in [6.45, 7) is 5.75. The Morgan fingerprint density at radius 3 is 2.69 bits per heavy atom. The minimum absolute atomic E-state index is 0.0412. The zero-order chi connectivity index (χ0) is 12.2. The monoisotopic (exact) mass is 286 g/mol. The van der Waals surface area contributed by atoms with Gasteiger partial charge in [0, 0.05) is 0 Å². The molecule has 1 aromatic rings. The summed E-state index contributed by atoms with van der Waals surface area (Å²) >= 11 is 3.22. The van der Waals surface area contributed by atoms with Gasteiger partial charge in [-0.1, -0.05) is 0 Å². The van der Waals surface area contributed by atoms with Crippen LogP contribution in [0.1, 0.15) is 20.8 Å². The van der Waals surface area contributed by atoms with E-state index < -0.39 is 0 Å². The minimum Gasteiger partial charge on any atom is -0.366 e. The molecule has 0 bridgehead atoms. The fourth-order valence-electron chi connectivity index (χ4n) is 0.929. The summed E-state index contributed by atoms with van der Waals surface area (Å²) in [5.74, 6) is -0.181. The maximum absolute atomic E-state index is 11.5. The average Bonchev–Trinajstić information content (AvgIpc) is 2.18. The topological polar surface area (TPSA) is 51.2 Å². The Bertz CT molecular complexity index is 357. The number of aromatic nitrogens is 1. The summed E-state index contributed by atoms with van der Waals surface area (Å²) in [5, 5.41) is 2.69. The number of halogens is 1. The van der Waals surface area contributed by atoms with Gasteiger partial charge in [-0.3, -0.25) is 4.79 Å². The van der Waals surface area contributed by atoms with Crippen molar-refractivity contribution in [1.82, 2.24) is 4.98 Å². The second-order valence-corrected chi connectivity index (χ2v) is 5.13. The molecule has 0 aliphatic heterocycles. The molecule has 16 heavy (non-hydrogen) atoms. The smallest absolute Gasteiger partial charge is 0.250 e. The number of anilines is 1. The van der Waals surface area contributed by atoms with E-state index in [0.717, 1.165) is 4.60 Å². The van der Waals surface area contributed by atoms with Crippen LogP contribution in [0.2, 0.25) is 0 Å². The van der Waals surface area contributed by atoms with E-state index in [0.29, 0.717) is 5.69 Å². The van der Waals surface area contributed by atoms with Crippen LogP contribution in [0.4, 0.5) is 5.69 Å². The van der Waals surface area contributed by atoms with Gasteiger partial charge in [0.1, 0.15) is 11.2 Å². The van der Waals surface area contributed by atoms with Crippen molar-refractivity contribution in [3.05, 3.63) is 22.9 Å². The van der Waals surface area contributed by atoms with Gasteiger partial charge in [-0.25, -0.2) is 4.98 Å². The predicted octanol–water partition coefficient (Wildman–Crippen LogP) is 2.60. The fraction of sp³-hybridized carbons (Fsp3) is 0.455. The van der Waals surface area contributed by atoms with E-state index >= 15 is 0 Å². The standard InChI is InChI=1S/C11H15BrN2O2/c1-11(2,3)16-7-10(15)14-8-4-5-9(12)13-6-8/h4-6H,7H2,1-3H3,(H,14,15). The van der Waals surface area contributed by atoms with Crippen molar-refractivity contribution in [1.29, 1.82) is 0 Å². The molecule has 0 saturated carbocycles. The summed E-state index contributed by atoms with van der Waals surface area (Å²) in [6.07, 6.45) is 1.58. The number of amides is 1. The number of hydrogen-bond donors (Lipinski definition) is 1. The molecular formula is C11H15BrN2O2. The first-order valence-electron chi connectivity index (χ1n) is 4.92. The number of carbonyl (C=O) groups excluding carboxylic acids is 1. The van der Waals surface area contributed by atoms with Crippen molar-refractivity contribution in [3.8, 4) is 0 Å². The van der Waals surface area contributed by atoms with Crippen LogP contribution in [0.3, 0.4) is 0 Å². The van der Waals surface area contributed by atoms with Crippen molar-refractivity contribution in [2.45, 2.75) is 26.4 Å². The van der Waals surface area contributed by atoms with E-state index in [1.165, 1.54) is 0 Å². The number of ether oxygens (including phenoxy) is 1.